The van der Waals surface area contributed by atoms with E-state index >= 15 is 0 Å². The van der Waals surface area contributed by atoms with Gasteiger partial charge < -0.3 is 10.2 Å². The first-order valence-electron chi connectivity index (χ1n) is 5.79. The Balaban J connectivity index is 2.04. The highest BCUT2D eigenvalue weighted by atomic mass is 19.1. The van der Waals surface area contributed by atoms with E-state index < -0.39 is 0 Å². The average molecular weight is 257 g/mol. The molecule has 0 aliphatic carbocycles. The number of aromatic nitrogens is 1. The molecule has 3 aromatic rings. The van der Waals surface area contributed by atoms with E-state index in [0.717, 1.165) is 0 Å². The molecule has 0 amide bonds. The van der Waals surface area contributed by atoms with Crippen LogP contribution in [0.1, 0.15) is 0 Å². The van der Waals surface area contributed by atoms with Crippen molar-refractivity contribution in [3.05, 3.63) is 48.3 Å². The van der Waals surface area contributed by atoms with E-state index in [9.17, 15) is 4.39 Å². The van der Waals surface area contributed by atoms with Gasteiger partial charge in [0.1, 0.15) is 11.3 Å². The van der Waals surface area contributed by atoms with Crippen molar-refractivity contribution in [3.8, 4) is 0 Å². The summed E-state index contributed by atoms with van der Waals surface area (Å²) < 4.78 is 18.8. The second-order valence-electron chi connectivity index (χ2n) is 4.26. The van der Waals surface area contributed by atoms with E-state index in [1.165, 1.54) is 12.1 Å². The molecule has 19 heavy (non-hydrogen) atoms. The fraction of sp³-hybridized carbons (Fsp3) is 0.0714. The van der Waals surface area contributed by atoms with Gasteiger partial charge in [0.05, 0.1) is 0 Å². The van der Waals surface area contributed by atoms with Gasteiger partial charge >= 0.3 is 6.01 Å². The third-order valence-electron chi connectivity index (χ3n) is 2.88. The van der Waals surface area contributed by atoms with Crippen molar-refractivity contribution in [2.45, 2.75) is 0 Å². The minimum atomic E-state index is -0.301. The van der Waals surface area contributed by atoms with Crippen LogP contribution in [0.5, 0.6) is 0 Å². The summed E-state index contributed by atoms with van der Waals surface area (Å²) in [4.78, 5) is 6.02. The lowest BCUT2D eigenvalue weighted by molar-refractivity contribution is 0.601. The number of benzene rings is 2. The number of anilines is 3. The lowest BCUT2D eigenvalue weighted by Crippen LogP contribution is -2.09. The molecule has 2 N–H and O–H groups in total. The van der Waals surface area contributed by atoms with Crippen molar-refractivity contribution >= 4 is 28.5 Å². The fourth-order valence-corrected chi connectivity index (χ4v) is 1.87. The number of hydrogen-bond donors (Lipinski definition) is 1. The van der Waals surface area contributed by atoms with Crippen molar-refractivity contribution in [3.63, 3.8) is 0 Å². The molecule has 0 unspecified atom stereocenters. The average Bonchev–Trinajstić information content (AvgIpc) is 2.80. The smallest absolute Gasteiger partial charge is 0.302 e. The number of fused-ring (bicyclic) bond motifs is 1. The molecule has 0 atom stereocenters. The fourth-order valence-electron chi connectivity index (χ4n) is 1.87. The normalized spacial score (nSPS) is 10.8. The second kappa shape index (κ2) is 4.28. The first-order valence-corrected chi connectivity index (χ1v) is 5.79. The molecule has 0 aliphatic heterocycles. The minimum Gasteiger partial charge on any atom is -0.423 e. The highest BCUT2D eigenvalue weighted by Gasteiger charge is 2.12. The minimum absolute atomic E-state index is 0.301. The van der Waals surface area contributed by atoms with Crippen LogP contribution in [0.25, 0.3) is 11.1 Å². The van der Waals surface area contributed by atoms with Crippen molar-refractivity contribution in [2.75, 3.05) is 17.7 Å². The van der Waals surface area contributed by atoms with Gasteiger partial charge in [-0.3, -0.25) is 4.90 Å². The molecule has 0 radical (unpaired) electrons. The Morgan fingerprint density at radius 1 is 1.21 bits per heavy atom. The Kier molecular flexibility index (Phi) is 2.59. The maximum absolute atomic E-state index is 13.2. The van der Waals surface area contributed by atoms with Gasteiger partial charge in [0.2, 0.25) is 0 Å². The predicted octanol–water partition coefficient (Wildman–Crippen LogP) is 3.32. The summed E-state index contributed by atoms with van der Waals surface area (Å²) in [5, 5.41) is 0. The van der Waals surface area contributed by atoms with Crippen LogP contribution in [0.2, 0.25) is 0 Å². The molecule has 96 valence electrons. The molecule has 3 rings (SSSR count). The summed E-state index contributed by atoms with van der Waals surface area (Å²) in [6, 6.07) is 11.9. The number of halogens is 1. The largest absolute Gasteiger partial charge is 0.423 e. The van der Waals surface area contributed by atoms with Crippen molar-refractivity contribution in [1.29, 1.82) is 0 Å². The molecule has 2 aromatic carbocycles. The summed E-state index contributed by atoms with van der Waals surface area (Å²) in [6.07, 6.45) is 0. The Morgan fingerprint density at radius 3 is 2.84 bits per heavy atom. The number of oxazole rings is 1. The van der Waals surface area contributed by atoms with Crippen LogP contribution in [-0.4, -0.2) is 12.0 Å². The van der Waals surface area contributed by atoms with Crippen LogP contribution in [0.4, 0.5) is 21.8 Å². The maximum atomic E-state index is 13.2. The van der Waals surface area contributed by atoms with Gasteiger partial charge in [0.25, 0.3) is 0 Å². The molecule has 1 aromatic heterocycles. The zero-order chi connectivity index (χ0) is 13.4. The molecule has 5 heteroatoms. The highest BCUT2D eigenvalue weighted by molar-refractivity contribution is 5.79. The van der Waals surface area contributed by atoms with Crippen molar-refractivity contribution < 1.29 is 8.81 Å². The molecule has 0 fully saturated rings. The molecule has 0 saturated heterocycles. The van der Waals surface area contributed by atoms with Gasteiger partial charge in [-0.25, -0.2) is 4.39 Å². The number of nitrogens with two attached hydrogens (primary N) is 1. The van der Waals surface area contributed by atoms with Crippen LogP contribution >= 0.6 is 0 Å². The molecular formula is C14H12FN3O. The van der Waals surface area contributed by atoms with Gasteiger partial charge in [0, 0.05) is 18.4 Å². The Hall–Kier alpha value is -2.56. The molecule has 0 bridgehead atoms. The zero-order valence-electron chi connectivity index (χ0n) is 10.3. The summed E-state index contributed by atoms with van der Waals surface area (Å²) >= 11 is 0. The summed E-state index contributed by atoms with van der Waals surface area (Å²) in [7, 11) is 1.77. The number of nitrogen functional groups attached to an aromatic ring is 1. The van der Waals surface area contributed by atoms with Gasteiger partial charge in [-0.2, -0.15) is 4.98 Å². The van der Waals surface area contributed by atoms with Crippen LogP contribution < -0.4 is 10.6 Å². The number of hydrogen-bond acceptors (Lipinski definition) is 4. The van der Waals surface area contributed by atoms with E-state index in [-0.39, 0.29) is 5.82 Å². The monoisotopic (exact) mass is 257 g/mol. The van der Waals surface area contributed by atoms with Gasteiger partial charge in [-0.1, -0.05) is 6.07 Å². The standard InChI is InChI=1S/C14H12FN3O/c1-18(11-4-2-3-9(15)7-11)14-17-12-8-10(16)5-6-13(12)19-14/h2-8H,16H2,1H3. The number of nitrogens with zero attached hydrogens (tertiary/aromatic N) is 2. The van der Waals surface area contributed by atoms with Gasteiger partial charge in [-0.15, -0.1) is 0 Å². The van der Waals surface area contributed by atoms with E-state index in [0.29, 0.717) is 28.5 Å². The zero-order valence-corrected chi connectivity index (χ0v) is 10.3. The number of rotatable bonds is 2. The Morgan fingerprint density at radius 2 is 2.05 bits per heavy atom. The molecule has 1 heterocycles. The molecular weight excluding hydrogens is 245 g/mol. The first-order chi connectivity index (χ1) is 9.13. The molecule has 4 nitrogen and oxygen atoms in total. The third-order valence-corrected chi connectivity index (χ3v) is 2.88. The van der Waals surface area contributed by atoms with Crippen LogP contribution in [-0.2, 0) is 0 Å². The van der Waals surface area contributed by atoms with Crippen LogP contribution in [0, 0.1) is 5.82 Å². The van der Waals surface area contributed by atoms with Crippen molar-refractivity contribution in [2.24, 2.45) is 0 Å². The van der Waals surface area contributed by atoms with Crippen molar-refractivity contribution in [1.82, 2.24) is 4.98 Å². The topological polar surface area (TPSA) is 55.3 Å². The van der Waals surface area contributed by atoms with E-state index in [1.54, 1.807) is 42.3 Å². The maximum Gasteiger partial charge on any atom is 0.302 e. The van der Waals surface area contributed by atoms with E-state index in [4.69, 9.17) is 10.2 Å². The van der Waals surface area contributed by atoms with E-state index in [1.807, 2.05) is 0 Å². The van der Waals surface area contributed by atoms with Crippen LogP contribution in [0.3, 0.4) is 0 Å². The molecule has 0 saturated carbocycles. The van der Waals surface area contributed by atoms with Crippen LogP contribution in [0.15, 0.2) is 46.9 Å². The van der Waals surface area contributed by atoms with Gasteiger partial charge in [-0.05, 0) is 36.4 Å². The summed E-state index contributed by atoms with van der Waals surface area (Å²) in [5.41, 5.74) is 8.31. The Labute approximate surface area is 109 Å². The van der Waals surface area contributed by atoms with E-state index in [2.05, 4.69) is 4.98 Å². The lowest BCUT2D eigenvalue weighted by atomic mass is 10.3. The SMILES string of the molecule is CN(c1cccc(F)c1)c1nc2cc(N)ccc2o1. The summed E-state index contributed by atoms with van der Waals surface area (Å²) in [5.74, 6) is -0.301. The third kappa shape index (κ3) is 2.10. The second-order valence-corrected chi connectivity index (χ2v) is 4.26. The predicted molar refractivity (Wildman–Crippen MR) is 72.9 cm³/mol. The summed E-state index contributed by atoms with van der Waals surface area (Å²) in [6.45, 7) is 0. The molecule has 0 aliphatic rings. The first kappa shape index (κ1) is 11.5. The van der Waals surface area contributed by atoms with Gasteiger partial charge in [0.15, 0.2) is 5.58 Å². The lowest BCUT2D eigenvalue weighted by Gasteiger charge is -2.13. The molecule has 0 spiro atoms. The Bertz CT molecular complexity index is 738. The highest BCUT2D eigenvalue weighted by Crippen LogP contribution is 2.27. The quantitative estimate of drug-likeness (QED) is 0.715.